The number of nitrogens with zero attached hydrogens (tertiary/aromatic N) is 2. The van der Waals surface area contributed by atoms with Crippen LogP contribution in [0.3, 0.4) is 0 Å². The van der Waals surface area contributed by atoms with Crippen molar-refractivity contribution in [2.45, 2.75) is 6.92 Å². The van der Waals surface area contributed by atoms with Gasteiger partial charge in [-0.25, -0.2) is 0 Å². The van der Waals surface area contributed by atoms with Crippen LogP contribution in [0.1, 0.15) is 12.5 Å². The average Bonchev–Trinajstić information content (AvgIpc) is 2.54. The Morgan fingerprint density at radius 2 is 1.67 bits per heavy atom. The molecule has 0 aliphatic carbocycles. The minimum absolute atomic E-state index is 0.00218. The van der Waals surface area contributed by atoms with E-state index >= 15 is 0 Å². The van der Waals surface area contributed by atoms with Crippen molar-refractivity contribution in [2.24, 2.45) is 0 Å². The Balaban J connectivity index is 2.19. The van der Waals surface area contributed by atoms with Crippen LogP contribution in [0.25, 0.3) is 0 Å². The Bertz CT molecular complexity index is 489. The standard InChI is InChI=1S/C15H22N2O3S/c1-4-16-5-7-17(8-6-16)15(21)11-9-12(19-2)14(18)13(10-11)20-3/h9-10,18H,4-8H2,1-3H3. The van der Waals surface area contributed by atoms with Crippen molar-refractivity contribution in [1.82, 2.24) is 9.80 Å². The highest BCUT2D eigenvalue weighted by Crippen LogP contribution is 2.37. The van der Waals surface area contributed by atoms with Crippen molar-refractivity contribution in [3.8, 4) is 17.2 Å². The maximum absolute atomic E-state index is 9.96. The highest BCUT2D eigenvalue weighted by molar-refractivity contribution is 7.80. The molecule has 1 aromatic rings. The van der Waals surface area contributed by atoms with Gasteiger partial charge in [-0.05, 0) is 18.7 Å². The minimum Gasteiger partial charge on any atom is -0.502 e. The van der Waals surface area contributed by atoms with Crippen LogP contribution in [0, 0.1) is 0 Å². The molecule has 6 heteroatoms. The topological polar surface area (TPSA) is 45.2 Å². The lowest BCUT2D eigenvalue weighted by atomic mass is 10.1. The molecule has 1 aromatic carbocycles. The molecule has 0 radical (unpaired) electrons. The average molecular weight is 310 g/mol. The summed E-state index contributed by atoms with van der Waals surface area (Å²) in [4.78, 5) is 5.35. The minimum atomic E-state index is 0.00218. The first-order chi connectivity index (χ1) is 10.1. The fourth-order valence-electron chi connectivity index (χ4n) is 2.47. The number of phenols is 1. The number of methoxy groups -OCH3 is 2. The number of thiocarbonyl (C=S) groups is 1. The summed E-state index contributed by atoms with van der Waals surface area (Å²) in [5.74, 6) is 0.750. The summed E-state index contributed by atoms with van der Waals surface area (Å²) in [7, 11) is 3.03. The Labute approximate surface area is 131 Å². The molecule has 1 heterocycles. The third-order valence-electron chi connectivity index (χ3n) is 3.83. The molecule has 21 heavy (non-hydrogen) atoms. The molecule has 116 valence electrons. The third-order valence-corrected chi connectivity index (χ3v) is 4.33. The molecule has 0 atom stereocenters. The van der Waals surface area contributed by atoms with Crippen LogP contribution in [0.4, 0.5) is 0 Å². The van der Waals surface area contributed by atoms with E-state index in [0.29, 0.717) is 11.5 Å². The van der Waals surface area contributed by atoms with Crippen molar-refractivity contribution in [3.05, 3.63) is 17.7 Å². The number of rotatable bonds is 4. The lowest BCUT2D eigenvalue weighted by molar-refractivity contribution is 0.192. The number of piperazine rings is 1. The van der Waals surface area contributed by atoms with Gasteiger partial charge in [-0.2, -0.15) is 0 Å². The second kappa shape index (κ2) is 6.95. The molecule has 2 rings (SSSR count). The van der Waals surface area contributed by atoms with Crippen LogP contribution >= 0.6 is 12.2 Å². The van der Waals surface area contributed by atoms with E-state index in [4.69, 9.17) is 21.7 Å². The maximum Gasteiger partial charge on any atom is 0.200 e. The molecule has 0 amide bonds. The summed E-state index contributed by atoms with van der Waals surface area (Å²) >= 11 is 5.59. The molecule has 1 aliphatic rings. The largest absolute Gasteiger partial charge is 0.502 e. The highest BCUT2D eigenvalue weighted by Gasteiger charge is 2.21. The van der Waals surface area contributed by atoms with Gasteiger partial charge in [0.25, 0.3) is 0 Å². The molecule has 1 saturated heterocycles. The summed E-state index contributed by atoms with van der Waals surface area (Å²) in [6, 6.07) is 3.51. The third kappa shape index (κ3) is 3.39. The molecule has 0 aromatic heterocycles. The second-order valence-corrected chi connectivity index (χ2v) is 5.34. The summed E-state index contributed by atoms with van der Waals surface area (Å²) in [5.41, 5.74) is 0.835. The predicted octanol–water partition coefficient (Wildman–Crippen LogP) is 1.72. The Morgan fingerprint density at radius 3 is 2.10 bits per heavy atom. The van der Waals surface area contributed by atoms with Gasteiger partial charge in [0.05, 0.1) is 14.2 Å². The number of benzene rings is 1. The second-order valence-electron chi connectivity index (χ2n) is 4.96. The van der Waals surface area contributed by atoms with Gasteiger partial charge in [-0.1, -0.05) is 19.1 Å². The molecular weight excluding hydrogens is 288 g/mol. The molecular formula is C15H22N2O3S. The number of ether oxygens (including phenoxy) is 2. The summed E-state index contributed by atoms with van der Waals surface area (Å²) in [5, 5.41) is 9.96. The van der Waals surface area contributed by atoms with E-state index in [-0.39, 0.29) is 5.75 Å². The van der Waals surface area contributed by atoms with Crippen molar-refractivity contribution < 1.29 is 14.6 Å². The molecule has 1 fully saturated rings. The van der Waals surface area contributed by atoms with Gasteiger partial charge in [0.2, 0.25) is 5.75 Å². The fraction of sp³-hybridized carbons (Fsp3) is 0.533. The zero-order valence-electron chi connectivity index (χ0n) is 12.8. The van der Waals surface area contributed by atoms with Crippen molar-refractivity contribution >= 4 is 17.2 Å². The Morgan fingerprint density at radius 1 is 1.14 bits per heavy atom. The van der Waals surface area contributed by atoms with E-state index in [1.807, 2.05) is 0 Å². The van der Waals surface area contributed by atoms with Crippen LogP contribution in [0.15, 0.2) is 12.1 Å². The maximum atomic E-state index is 9.96. The smallest absolute Gasteiger partial charge is 0.200 e. The SMILES string of the molecule is CCN1CCN(C(=S)c2cc(OC)c(O)c(OC)c2)CC1. The molecule has 0 bridgehead atoms. The molecule has 0 spiro atoms. The normalized spacial score (nSPS) is 15.9. The zero-order chi connectivity index (χ0) is 15.4. The summed E-state index contributed by atoms with van der Waals surface area (Å²) in [6.07, 6.45) is 0. The number of hydrogen-bond acceptors (Lipinski definition) is 5. The predicted molar refractivity (Wildman–Crippen MR) is 86.6 cm³/mol. The van der Waals surface area contributed by atoms with Crippen LogP contribution < -0.4 is 9.47 Å². The summed E-state index contributed by atoms with van der Waals surface area (Å²) < 4.78 is 10.4. The highest BCUT2D eigenvalue weighted by atomic mass is 32.1. The lowest BCUT2D eigenvalue weighted by Gasteiger charge is -2.35. The number of phenolic OH excluding ortho intramolecular Hbond substituents is 1. The van der Waals surface area contributed by atoms with E-state index < -0.39 is 0 Å². The first-order valence-corrected chi connectivity index (χ1v) is 7.48. The molecule has 0 saturated carbocycles. The molecule has 1 aliphatic heterocycles. The van der Waals surface area contributed by atoms with Crippen molar-refractivity contribution in [2.75, 3.05) is 46.9 Å². The van der Waals surface area contributed by atoms with Gasteiger partial charge in [0.15, 0.2) is 11.5 Å². The van der Waals surface area contributed by atoms with E-state index in [9.17, 15) is 5.11 Å². The van der Waals surface area contributed by atoms with Gasteiger partial charge in [-0.15, -0.1) is 0 Å². The lowest BCUT2D eigenvalue weighted by Crippen LogP contribution is -2.48. The Kier molecular flexibility index (Phi) is 5.25. The summed E-state index contributed by atoms with van der Waals surface area (Å²) in [6.45, 7) is 7.10. The first-order valence-electron chi connectivity index (χ1n) is 7.07. The fourth-order valence-corrected chi connectivity index (χ4v) is 2.77. The monoisotopic (exact) mass is 310 g/mol. The van der Waals surface area contributed by atoms with Gasteiger partial charge in [-0.3, -0.25) is 0 Å². The Hall–Kier alpha value is -1.53. The van der Waals surface area contributed by atoms with E-state index in [1.165, 1.54) is 14.2 Å². The van der Waals surface area contributed by atoms with E-state index in [1.54, 1.807) is 12.1 Å². The quantitative estimate of drug-likeness (QED) is 0.855. The van der Waals surface area contributed by atoms with Crippen LogP contribution in [0.5, 0.6) is 17.2 Å². The van der Waals surface area contributed by atoms with Gasteiger partial charge < -0.3 is 24.4 Å². The molecule has 1 N–H and O–H groups in total. The van der Waals surface area contributed by atoms with Crippen molar-refractivity contribution in [3.63, 3.8) is 0 Å². The van der Waals surface area contributed by atoms with Crippen LogP contribution in [-0.2, 0) is 0 Å². The zero-order valence-corrected chi connectivity index (χ0v) is 13.6. The molecule has 0 unspecified atom stereocenters. The molecule has 5 nitrogen and oxygen atoms in total. The van der Waals surface area contributed by atoms with E-state index in [0.717, 1.165) is 43.3 Å². The number of aromatic hydroxyl groups is 1. The van der Waals surface area contributed by atoms with Gasteiger partial charge in [0, 0.05) is 31.7 Å². The van der Waals surface area contributed by atoms with E-state index in [2.05, 4.69) is 16.7 Å². The van der Waals surface area contributed by atoms with Crippen LogP contribution in [0.2, 0.25) is 0 Å². The number of hydrogen-bond donors (Lipinski definition) is 1. The first kappa shape index (κ1) is 15.9. The van der Waals surface area contributed by atoms with Gasteiger partial charge in [0.1, 0.15) is 4.99 Å². The number of likely N-dealkylation sites (N-methyl/N-ethyl adjacent to an activating group) is 1. The van der Waals surface area contributed by atoms with Crippen LogP contribution in [-0.4, -0.2) is 66.8 Å². The van der Waals surface area contributed by atoms with Gasteiger partial charge >= 0.3 is 0 Å². The van der Waals surface area contributed by atoms with Crippen molar-refractivity contribution in [1.29, 1.82) is 0 Å².